The fourth-order valence-corrected chi connectivity index (χ4v) is 2.53. The first-order valence-corrected chi connectivity index (χ1v) is 6.96. The summed E-state index contributed by atoms with van der Waals surface area (Å²) in [6.07, 6.45) is 0.245. The Balaban J connectivity index is 2.25. The third-order valence-electron chi connectivity index (χ3n) is 3.47. The van der Waals surface area contributed by atoms with Crippen LogP contribution in [0.1, 0.15) is 35.5 Å². The van der Waals surface area contributed by atoms with Crippen molar-refractivity contribution in [3.05, 3.63) is 51.6 Å². The van der Waals surface area contributed by atoms with Crippen molar-refractivity contribution in [2.24, 2.45) is 7.05 Å². The molecule has 1 unspecified atom stereocenters. The van der Waals surface area contributed by atoms with Crippen molar-refractivity contribution in [3.8, 4) is 0 Å². The third-order valence-corrected chi connectivity index (χ3v) is 3.91. The van der Waals surface area contributed by atoms with Crippen molar-refractivity contribution in [1.82, 2.24) is 9.78 Å². The van der Waals surface area contributed by atoms with Gasteiger partial charge in [-0.25, -0.2) is 4.39 Å². The van der Waals surface area contributed by atoms with Crippen LogP contribution in [-0.4, -0.2) is 14.9 Å². The average molecular weight is 297 g/mol. The average Bonchev–Trinajstić information content (AvgIpc) is 2.69. The van der Waals surface area contributed by atoms with Gasteiger partial charge in [0.25, 0.3) is 0 Å². The summed E-state index contributed by atoms with van der Waals surface area (Å²) in [5.41, 5.74) is 2.68. The van der Waals surface area contributed by atoms with E-state index in [-0.39, 0.29) is 5.82 Å². The van der Waals surface area contributed by atoms with Gasteiger partial charge in [0.15, 0.2) is 0 Å². The van der Waals surface area contributed by atoms with Gasteiger partial charge >= 0.3 is 0 Å². The second kappa shape index (κ2) is 5.94. The molecular weight excluding hydrogens is 279 g/mol. The van der Waals surface area contributed by atoms with Gasteiger partial charge in [0, 0.05) is 13.5 Å². The Morgan fingerprint density at radius 2 is 2.15 bits per heavy atom. The highest BCUT2D eigenvalue weighted by molar-refractivity contribution is 6.31. The number of aryl methyl sites for hydroxylation is 3. The summed E-state index contributed by atoms with van der Waals surface area (Å²) in [5, 5.41) is 15.1. The number of hydrogen-bond acceptors (Lipinski definition) is 2. The Kier molecular flexibility index (Phi) is 4.45. The second-order valence-corrected chi connectivity index (χ2v) is 5.29. The molecule has 0 fully saturated rings. The highest BCUT2D eigenvalue weighted by atomic mass is 35.5. The highest BCUT2D eigenvalue weighted by Crippen LogP contribution is 2.27. The molecule has 0 bridgehead atoms. The SMILES string of the molecule is CCc1nn(C)c(CC(O)c2ccc(C)c(F)c2)c1Cl. The van der Waals surface area contributed by atoms with E-state index in [0.29, 0.717) is 22.6 Å². The number of aliphatic hydroxyl groups is 1. The number of benzene rings is 1. The summed E-state index contributed by atoms with van der Waals surface area (Å²) in [5.74, 6) is -0.313. The van der Waals surface area contributed by atoms with E-state index in [0.717, 1.165) is 17.8 Å². The molecule has 0 aliphatic carbocycles. The number of aromatic nitrogens is 2. The molecule has 0 radical (unpaired) electrons. The molecule has 20 heavy (non-hydrogen) atoms. The van der Waals surface area contributed by atoms with Crippen LogP contribution >= 0.6 is 11.6 Å². The fraction of sp³-hybridized carbons (Fsp3) is 0.400. The molecule has 0 aliphatic heterocycles. The van der Waals surface area contributed by atoms with Crippen LogP contribution in [0, 0.1) is 12.7 Å². The molecule has 1 aromatic heterocycles. The highest BCUT2D eigenvalue weighted by Gasteiger charge is 2.18. The lowest BCUT2D eigenvalue weighted by Gasteiger charge is -2.12. The second-order valence-electron chi connectivity index (χ2n) is 4.91. The van der Waals surface area contributed by atoms with Gasteiger partial charge in [-0.2, -0.15) is 5.10 Å². The molecule has 1 N–H and O–H groups in total. The van der Waals surface area contributed by atoms with Crippen molar-refractivity contribution >= 4 is 11.6 Å². The maximum Gasteiger partial charge on any atom is 0.126 e. The van der Waals surface area contributed by atoms with Gasteiger partial charge in [-0.05, 0) is 30.5 Å². The predicted molar refractivity (Wildman–Crippen MR) is 77.4 cm³/mol. The Labute approximate surface area is 123 Å². The Morgan fingerprint density at radius 3 is 2.70 bits per heavy atom. The molecule has 5 heteroatoms. The molecule has 2 rings (SSSR count). The fourth-order valence-electron chi connectivity index (χ4n) is 2.16. The summed E-state index contributed by atoms with van der Waals surface area (Å²) < 4.78 is 15.2. The molecule has 108 valence electrons. The van der Waals surface area contributed by atoms with E-state index >= 15 is 0 Å². The molecule has 0 spiro atoms. The van der Waals surface area contributed by atoms with Gasteiger partial charge in [0.05, 0.1) is 22.5 Å². The summed E-state index contributed by atoms with van der Waals surface area (Å²) in [7, 11) is 1.79. The standard InChI is InChI=1S/C15H18ClFN2O/c1-4-12-15(16)13(19(3)18-12)8-14(20)10-6-5-9(2)11(17)7-10/h5-7,14,20H,4,8H2,1-3H3. The van der Waals surface area contributed by atoms with E-state index in [9.17, 15) is 9.50 Å². The summed E-state index contributed by atoms with van der Waals surface area (Å²) in [6, 6.07) is 4.76. The van der Waals surface area contributed by atoms with E-state index in [1.807, 2.05) is 6.92 Å². The third kappa shape index (κ3) is 2.86. The molecule has 3 nitrogen and oxygen atoms in total. The summed E-state index contributed by atoms with van der Waals surface area (Å²) in [4.78, 5) is 0. The first-order valence-electron chi connectivity index (χ1n) is 6.58. The maximum absolute atomic E-state index is 13.5. The van der Waals surface area contributed by atoms with Crippen molar-refractivity contribution in [2.75, 3.05) is 0 Å². The van der Waals surface area contributed by atoms with Crippen LogP contribution in [0.25, 0.3) is 0 Å². The number of halogens is 2. The maximum atomic E-state index is 13.5. The monoisotopic (exact) mass is 296 g/mol. The molecule has 1 aromatic carbocycles. The zero-order valence-electron chi connectivity index (χ0n) is 11.8. The zero-order valence-corrected chi connectivity index (χ0v) is 12.6. The van der Waals surface area contributed by atoms with Crippen LogP contribution in [0.15, 0.2) is 18.2 Å². The Bertz CT molecular complexity index is 625. The lowest BCUT2D eigenvalue weighted by molar-refractivity contribution is 0.175. The number of aliphatic hydroxyl groups excluding tert-OH is 1. The molecule has 1 atom stereocenters. The summed E-state index contributed by atoms with van der Waals surface area (Å²) >= 11 is 6.25. The van der Waals surface area contributed by atoms with E-state index in [4.69, 9.17) is 11.6 Å². The molecular formula is C15H18ClFN2O. The van der Waals surface area contributed by atoms with Crippen LogP contribution in [-0.2, 0) is 19.9 Å². The smallest absolute Gasteiger partial charge is 0.126 e. The number of hydrogen-bond donors (Lipinski definition) is 1. The lowest BCUT2D eigenvalue weighted by atomic mass is 10.0. The minimum atomic E-state index is -0.803. The largest absolute Gasteiger partial charge is 0.388 e. The minimum Gasteiger partial charge on any atom is -0.388 e. The van der Waals surface area contributed by atoms with Gasteiger partial charge in [-0.3, -0.25) is 4.68 Å². The lowest BCUT2D eigenvalue weighted by Crippen LogP contribution is -2.07. The van der Waals surface area contributed by atoms with Crippen LogP contribution < -0.4 is 0 Å². The van der Waals surface area contributed by atoms with Gasteiger partial charge in [0.1, 0.15) is 5.82 Å². The zero-order chi connectivity index (χ0) is 14.9. The normalized spacial score (nSPS) is 12.7. The topological polar surface area (TPSA) is 38.0 Å². The molecule has 2 aromatic rings. The first kappa shape index (κ1) is 15.0. The van der Waals surface area contributed by atoms with Crippen molar-refractivity contribution in [3.63, 3.8) is 0 Å². The summed E-state index contributed by atoms with van der Waals surface area (Å²) in [6.45, 7) is 3.67. The van der Waals surface area contributed by atoms with Gasteiger partial charge in [-0.15, -0.1) is 0 Å². The molecule has 0 saturated heterocycles. The van der Waals surface area contributed by atoms with Crippen LogP contribution in [0.3, 0.4) is 0 Å². The van der Waals surface area contributed by atoms with E-state index in [2.05, 4.69) is 5.10 Å². The Morgan fingerprint density at radius 1 is 1.45 bits per heavy atom. The Hall–Kier alpha value is -1.39. The molecule has 0 saturated carbocycles. The molecule has 1 heterocycles. The van der Waals surface area contributed by atoms with E-state index in [1.165, 1.54) is 6.07 Å². The van der Waals surface area contributed by atoms with Gasteiger partial charge < -0.3 is 5.11 Å². The van der Waals surface area contributed by atoms with Crippen LogP contribution in [0.4, 0.5) is 4.39 Å². The number of nitrogens with zero attached hydrogens (tertiary/aromatic N) is 2. The van der Waals surface area contributed by atoms with Crippen molar-refractivity contribution in [1.29, 1.82) is 0 Å². The van der Waals surface area contributed by atoms with Crippen molar-refractivity contribution < 1.29 is 9.50 Å². The predicted octanol–water partition coefficient (Wildman–Crippen LogP) is 3.36. The van der Waals surface area contributed by atoms with E-state index < -0.39 is 6.10 Å². The first-order chi connectivity index (χ1) is 9.43. The van der Waals surface area contributed by atoms with Crippen LogP contribution in [0.2, 0.25) is 5.02 Å². The number of rotatable bonds is 4. The molecule has 0 aliphatic rings. The molecule has 0 amide bonds. The van der Waals surface area contributed by atoms with E-state index in [1.54, 1.807) is 30.8 Å². The minimum absolute atomic E-state index is 0.310. The van der Waals surface area contributed by atoms with Gasteiger partial charge in [-0.1, -0.05) is 30.7 Å². The van der Waals surface area contributed by atoms with Crippen molar-refractivity contribution in [2.45, 2.75) is 32.8 Å². The van der Waals surface area contributed by atoms with Crippen LogP contribution in [0.5, 0.6) is 0 Å². The quantitative estimate of drug-likeness (QED) is 0.939. The van der Waals surface area contributed by atoms with Gasteiger partial charge in [0.2, 0.25) is 0 Å².